The zero-order valence-corrected chi connectivity index (χ0v) is 18.2. The van der Waals surface area contributed by atoms with Gasteiger partial charge in [-0.2, -0.15) is 5.10 Å². The highest BCUT2D eigenvalue weighted by atomic mass is 19.3. The van der Waals surface area contributed by atoms with E-state index in [1.807, 2.05) is 0 Å². The minimum Gasteiger partial charge on any atom is -0.444 e. The number of primary amides is 1. The van der Waals surface area contributed by atoms with Crippen LogP contribution in [0.2, 0.25) is 0 Å². The zero-order chi connectivity index (χ0) is 24.1. The number of oxazole rings is 1. The normalized spacial score (nSPS) is 18.7. The second-order valence-electron chi connectivity index (χ2n) is 8.04. The summed E-state index contributed by atoms with van der Waals surface area (Å²) in [5.74, 6) is -0.186. The first-order chi connectivity index (χ1) is 16.4. The highest BCUT2D eigenvalue weighted by molar-refractivity contribution is 6.41. The van der Waals surface area contributed by atoms with Crippen LogP contribution in [0.1, 0.15) is 23.3 Å². The van der Waals surface area contributed by atoms with Gasteiger partial charge in [0.05, 0.1) is 19.1 Å². The molecule has 0 bridgehead atoms. The molecular weight excluding hydrogens is 452 g/mol. The minimum absolute atomic E-state index is 0.0420. The van der Waals surface area contributed by atoms with E-state index in [0.717, 1.165) is 37.6 Å². The Morgan fingerprint density at radius 2 is 2.09 bits per heavy atom. The van der Waals surface area contributed by atoms with Crippen molar-refractivity contribution in [3.8, 4) is 11.5 Å². The van der Waals surface area contributed by atoms with Crippen molar-refractivity contribution in [1.29, 1.82) is 0 Å². The number of aromatic nitrogens is 2. The Balaban J connectivity index is 1.38. The molecule has 2 aliphatic rings. The number of hydrogen-bond donors (Lipinski definition) is 3. The van der Waals surface area contributed by atoms with Gasteiger partial charge in [0, 0.05) is 31.5 Å². The number of amides is 2. The molecule has 11 nitrogen and oxygen atoms in total. The van der Waals surface area contributed by atoms with Crippen LogP contribution < -0.4 is 16.4 Å². The van der Waals surface area contributed by atoms with Crippen molar-refractivity contribution in [1.82, 2.24) is 20.3 Å². The quantitative estimate of drug-likeness (QED) is 0.486. The molecule has 1 fully saturated rings. The van der Waals surface area contributed by atoms with E-state index in [4.69, 9.17) is 14.9 Å². The number of pyridine rings is 1. The smallest absolute Gasteiger partial charge is 0.273 e. The Morgan fingerprint density at radius 1 is 1.29 bits per heavy atom. The maximum atomic E-state index is 12.7. The third kappa shape index (κ3) is 5.84. The SMILES string of the molecule is NC(=O)C1=NN(CC(F)F)CC1NC(=O)c1coc(-c2ccnc(NCC3CCOCC3)c2)n1. The van der Waals surface area contributed by atoms with E-state index in [-0.39, 0.29) is 23.8 Å². The summed E-state index contributed by atoms with van der Waals surface area (Å²) in [5.41, 5.74) is 5.65. The number of alkyl halides is 2. The van der Waals surface area contributed by atoms with Gasteiger partial charge >= 0.3 is 0 Å². The van der Waals surface area contributed by atoms with Gasteiger partial charge in [-0.15, -0.1) is 0 Å². The lowest BCUT2D eigenvalue weighted by atomic mass is 10.0. The van der Waals surface area contributed by atoms with Crippen LogP contribution in [0, 0.1) is 5.92 Å². The molecule has 2 amide bonds. The number of nitrogens with one attached hydrogen (secondary N) is 2. The lowest BCUT2D eigenvalue weighted by molar-refractivity contribution is -0.112. The molecule has 4 rings (SSSR count). The molecule has 182 valence electrons. The molecule has 1 atom stereocenters. The first-order valence-corrected chi connectivity index (χ1v) is 10.8. The Hall–Kier alpha value is -3.61. The molecule has 0 radical (unpaired) electrons. The summed E-state index contributed by atoms with van der Waals surface area (Å²) in [6, 6.07) is 2.53. The van der Waals surface area contributed by atoms with Gasteiger partial charge in [-0.3, -0.25) is 14.6 Å². The van der Waals surface area contributed by atoms with E-state index in [2.05, 4.69) is 25.7 Å². The van der Waals surface area contributed by atoms with Gasteiger partial charge in [0.2, 0.25) is 5.89 Å². The molecule has 0 saturated carbocycles. The summed E-state index contributed by atoms with van der Waals surface area (Å²) in [6.07, 6.45) is 2.12. The van der Waals surface area contributed by atoms with Crippen molar-refractivity contribution >= 4 is 23.3 Å². The molecule has 2 aromatic heterocycles. The highest BCUT2D eigenvalue weighted by Crippen LogP contribution is 2.22. The van der Waals surface area contributed by atoms with Crippen LogP contribution >= 0.6 is 0 Å². The van der Waals surface area contributed by atoms with Crippen LogP contribution in [0.3, 0.4) is 0 Å². The number of ether oxygens (including phenoxy) is 1. The van der Waals surface area contributed by atoms with Crippen molar-refractivity contribution < 1.29 is 27.5 Å². The van der Waals surface area contributed by atoms with Crippen molar-refractivity contribution in [2.45, 2.75) is 25.3 Å². The van der Waals surface area contributed by atoms with E-state index in [1.165, 1.54) is 6.26 Å². The Kier molecular flexibility index (Phi) is 7.30. The summed E-state index contributed by atoms with van der Waals surface area (Å²) in [5, 5.41) is 10.6. The van der Waals surface area contributed by atoms with Crippen LogP contribution in [0.5, 0.6) is 0 Å². The molecule has 34 heavy (non-hydrogen) atoms. The number of nitrogens with zero attached hydrogens (tertiary/aromatic N) is 4. The van der Waals surface area contributed by atoms with Crippen LogP contribution in [0.4, 0.5) is 14.6 Å². The number of carbonyl (C=O) groups is 2. The third-order valence-corrected chi connectivity index (χ3v) is 5.54. The summed E-state index contributed by atoms with van der Waals surface area (Å²) in [6.45, 7) is 1.51. The number of nitrogens with two attached hydrogens (primary N) is 1. The molecule has 1 saturated heterocycles. The lowest BCUT2D eigenvalue weighted by Gasteiger charge is -2.22. The molecule has 4 N–H and O–H groups in total. The summed E-state index contributed by atoms with van der Waals surface area (Å²) < 4.78 is 36.1. The van der Waals surface area contributed by atoms with Crippen molar-refractivity contribution in [3.05, 3.63) is 30.3 Å². The molecule has 2 aliphatic heterocycles. The number of hydrogen-bond acceptors (Lipinski definition) is 9. The third-order valence-electron chi connectivity index (χ3n) is 5.54. The monoisotopic (exact) mass is 477 g/mol. The predicted molar refractivity (Wildman–Crippen MR) is 117 cm³/mol. The first-order valence-electron chi connectivity index (χ1n) is 10.8. The molecule has 2 aromatic rings. The molecule has 0 spiro atoms. The molecule has 4 heterocycles. The van der Waals surface area contributed by atoms with Gasteiger partial charge in [-0.1, -0.05) is 0 Å². The van der Waals surface area contributed by atoms with E-state index in [1.54, 1.807) is 18.3 Å². The maximum Gasteiger partial charge on any atom is 0.273 e. The Bertz CT molecular complexity index is 1060. The molecule has 0 aromatic carbocycles. The van der Waals surface area contributed by atoms with Crippen LogP contribution in [-0.2, 0) is 9.53 Å². The van der Waals surface area contributed by atoms with Gasteiger partial charge in [0.1, 0.15) is 17.8 Å². The number of rotatable bonds is 9. The van der Waals surface area contributed by atoms with Gasteiger partial charge in [-0.05, 0) is 30.9 Å². The van der Waals surface area contributed by atoms with Gasteiger partial charge < -0.3 is 25.5 Å². The average Bonchev–Trinajstić information content (AvgIpc) is 3.46. The molecule has 0 aliphatic carbocycles. The second-order valence-corrected chi connectivity index (χ2v) is 8.04. The van der Waals surface area contributed by atoms with Crippen molar-refractivity contribution in [2.24, 2.45) is 16.8 Å². The van der Waals surface area contributed by atoms with E-state index in [0.29, 0.717) is 17.3 Å². The number of anilines is 1. The van der Waals surface area contributed by atoms with Gasteiger partial charge in [0.25, 0.3) is 18.2 Å². The predicted octanol–water partition coefficient (Wildman–Crippen LogP) is 1.10. The summed E-state index contributed by atoms with van der Waals surface area (Å²) in [7, 11) is 0. The Morgan fingerprint density at radius 3 is 2.82 bits per heavy atom. The number of carbonyl (C=O) groups excluding carboxylic acids is 2. The summed E-state index contributed by atoms with van der Waals surface area (Å²) in [4.78, 5) is 32.8. The number of halogens is 2. The fourth-order valence-electron chi connectivity index (χ4n) is 3.77. The lowest BCUT2D eigenvalue weighted by Crippen LogP contribution is -2.46. The average molecular weight is 477 g/mol. The summed E-state index contributed by atoms with van der Waals surface area (Å²) >= 11 is 0. The van der Waals surface area contributed by atoms with E-state index in [9.17, 15) is 18.4 Å². The highest BCUT2D eigenvalue weighted by Gasteiger charge is 2.33. The minimum atomic E-state index is -2.65. The fourth-order valence-corrected chi connectivity index (χ4v) is 3.77. The van der Waals surface area contributed by atoms with Crippen molar-refractivity contribution in [2.75, 3.05) is 38.2 Å². The van der Waals surface area contributed by atoms with Crippen LogP contribution in [0.15, 0.2) is 34.1 Å². The van der Waals surface area contributed by atoms with Crippen LogP contribution in [0.25, 0.3) is 11.5 Å². The topological polar surface area (TPSA) is 148 Å². The van der Waals surface area contributed by atoms with Gasteiger partial charge in [-0.25, -0.2) is 18.7 Å². The fraction of sp³-hybridized carbons (Fsp3) is 0.476. The molecular formula is C21H25F2N7O4. The standard InChI is InChI=1S/C21H25F2N7O4/c22-16(23)10-30-9-14(18(29-30)19(24)31)27-20(32)15-11-34-21(28-15)13-1-4-25-17(7-13)26-8-12-2-5-33-6-3-12/h1,4,7,11-12,14,16H,2-3,5-6,8-10H2,(H2,24,31)(H,25,26)(H,27,32). The first kappa shape index (κ1) is 23.5. The van der Waals surface area contributed by atoms with E-state index < -0.39 is 30.8 Å². The molecule has 1 unspecified atom stereocenters. The van der Waals surface area contributed by atoms with E-state index >= 15 is 0 Å². The van der Waals surface area contributed by atoms with Crippen molar-refractivity contribution in [3.63, 3.8) is 0 Å². The second kappa shape index (κ2) is 10.5. The zero-order valence-electron chi connectivity index (χ0n) is 18.2. The molecule has 13 heteroatoms. The van der Waals surface area contributed by atoms with Gasteiger partial charge in [0.15, 0.2) is 5.69 Å². The number of hydrazone groups is 1. The Labute approximate surface area is 193 Å². The van der Waals surface area contributed by atoms with Crippen LogP contribution in [-0.4, -0.2) is 77.8 Å². The maximum absolute atomic E-state index is 12.7. The largest absolute Gasteiger partial charge is 0.444 e.